The molecule has 176 valence electrons. The zero-order valence-electron chi connectivity index (χ0n) is 20.0. The van der Waals surface area contributed by atoms with Gasteiger partial charge in [0.25, 0.3) is 0 Å². The third-order valence-corrected chi connectivity index (χ3v) is 8.07. The van der Waals surface area contributed by atoms with Crippen molar-refractivity contribution in [3.05, 3.63) is 35.9 Å². The molecule has 3 aliphatic heterocycles. The zero-order chi connectivity index (χ0) is 22.5. The van der Waals surface area contributed by atoms with Gasteiger partial charge in [0, 0.05) is 44.1 Å². The lowest BCUT2D eigenvalue weighted by molar-refractivity contribution is -0.141. The third-order valence-electron chi connectivity index (χ3n) is 8.07. The summed E-state index contributed by atoms with van der Waals surface area (Å²) in [5.41, 5.74) is 1.21. The second-order valence-electron chi connectivity index (χ2n) is 10.4. The van der Waals surface area contributed by atoms with Crippen LogP contribution in [0.25, 0.3) is 0 Å². The van der Waals surface area contributed by atoms with Gasteiger partial charge in [0.1, 0.15) is 0 Å². The van der Waals surface area contributed by atoms with Crippen LogP contribution in [0, 0.1) is 17.8 Å². The maximum absolute atomic E-state index is 13.4. The fourth-order valence-corrected chi connectivity index (χ4v) is 5.98. The van der Waals surface area contributed by atoms with E-state index in [0.717, 1.165) is 84.2 Å². The van der Waals surface area contributed by atoms with Crippen molar-refractivity contribution in [2.75, 3.05) is 32.7 Å². The second kappa shape index (κ2) is 10.8. The summed E-state index contributed by atoms with van der Waals surface area (Å²) in [4.78, 5) is 33.2. The fourth-order valence-electron chi connectivity index (χ4n) is 5.98. The number of hydrogen-bond acceptors (Lipinski definition) is 3. The summed E-state index contributed by atoms with van der Waals surface area (Å²) >= 11 is 0. The molecule has 0 spiro atoms. The Morgan fingerprint density at radius 1 is 0.906 bits per heavy atom. The average molecular weight is 440 g/mol. The molecular formula is C27H41N3O2. The van der Waals surface area contributed by atoms with E-state index in [1.54, 1.807) is 0 Å². The molecule has 4 rings (SSSR count). The first-order valence-electron chi connectivity index (χ1n) is 12.9. The number of likely N-dealkylation sites (tertiary alicyclic amines) is 3. The number of nitrogens with zero attached hydrogens (tertiary/aromatic N) is 3. The maximum Gasteiger partial charge on any atom is 0.226 e. The van der Waals surface area contributed by atoms with Crippen molar-refractivity contribution < 1.29 is 9.59 Å². The maximum atomic E-state index is 13.4. The molecular weight excluding hydrogens is 398 g/mol. The number of rotatable bonds is 5. The van der Waals surface area contributed by atoms with E-state index in [1.165, 1.54) is 5.56 Å². The van der Waals surface area contributed by atoms with E-state index in [-0.39, 0.29) is 11.8 Å². The number of piperidine rings is 2. The quantitative estimate of drug-likeness (QED) is 0.691. The van der Waals surface area contributed by atoms with Crippen LogP contribution in [0.1, 0.15) is 64.4 Å². The van der Waals surface area contributed by atoms with Gasteiger partial charge in [-0.05, 0) is 76.9 Å². The van der Waals surface area contributed by atoms with Crippen LogP contribution in [0.3, 0.4) is 0 Å². The van der Waals surface area contributed by atoms with E-state index in [9.17, 15) is 9.59 Å². The molecule has 1 aromatic rings. The summed E-state index contributed by atoms with van der Waals surface area (Å²) in [6.45, 7) is 9.81. The van der Waals surface area contributed by atoms with Gasteiger partial charge < -0.3 is 14.7 Å². The van der Waals surface area contributed by atoms with Crippen molar-refractivity contribution in [3.8, 4) is 0 Å². The smallest absolute Gasteiger partial charge is 0.226 e. The Morgan fingerprint density at radius 2 is 1.59 bits per heavy atom. The molecule has 0 bridgehead atoms. The highest BCUT2D eigenvalue weighted by molar-refractivity contribution is 5.80. The van der Waals surface area contributed by atoms with Crippen LogP contribution in [0.4, 0.5) is 0 Å². The number of amides is 2. The largest absolute Gasteiger partial charge is 0.342 e. The summed E-state index contributed by atoms with van der Waals surface area (Å²) in [7, 11) is 0. The molecule has 3 fully saturated rings. The molecule has 1 aromatic carbocycles. The van der Waals surface area contributed by atoms with Crippen LogP contribution >= 0.6 is 0 Å². The van der Waals surface area contributed by atoms with Crippen molar-refractivity contribution in [2.45, 2.75) is 71.4 Å². The molecule has 0 aliphatic carbocycles. The van der Waals surface area contributed by atoms with Crippen LogP contribution in [0.2, 0.25) is 0 Å². The van der Waals surface area contributed by atoms with Gasteiger partial charge in [-0.25, -0.2) is 0 Å². The second-order valence-corrected chi connectivity index (χ2v) is 10.4. The van der Waals surface area contributed by atoms with Crippen LogP contribution in [0.5, 0.6) is 0 Å². The average Bonchev–Trinajstić information content (AvgIpc) is 3.01. The molecule has 0 aromatic heterocycles. The van der Waals surface area contributed by atoms with E-state index < -0.39 is 0 Å². The molecule has 3 heterocycles. The number of carbonyl (C=O) groups excluding carboxylic acids is 2. The van der Waals surface area contributed by atoms with Crippen molar-refractivity contribution in [1.29, 1.82) is 0 Å². The monoisotopic (exact) mass is 439 g/mol. The Bertz CT molecular complexity index is 749. The van der Waals surface area contributed by atoms with Gasteiger partial charge in [-0.1, -0.05) is 36.8 Å². The number of hydrogen-bond donors (Lipinski definition) is 0. The van der Waals surface area contributed by atoms with Gasteiger partial charge in [-0.15, -0.1) is 0 Å². The van der Waals surface area contributed by atoms with Gasteiger partial charge in [0.2, 0.25) is 11.8 Å². The Morgan fingerprint density at radius 3 is 2.25 bits per heavy atom. The molecule has 5 nitrogen and oxygen atoms in total. The Balaban J connectivity index is 1.30. The fraction of sp³-hybridized carbons (Fsp3) is 0.704. The Labute approximate surface area is 194 Å². The van der Waals surface area contributed by atoms with E-state index in [2.05, 4.69) is 52.8 Å². The normalized spacial score (nSPS) is 24.7. The SMILES string of the molecule is CC(C)N1CCC(C(=O)N2CCC([C@@H]3CCCCN(Cc4ccccc4)C3=O)CC2)CC1. The molecule has 1 atom stereocenters. The van der Waals surface area contributed by atoms with Crippen LogP contribution in [0.15, 0.2) is 30.3 Å². The first-order chi connectivity index (χ1) is 15.5. The van der Waals surface area contributed by atoms with Crippen molar-refractivity contribution in [2.24, 2.45) is 17.8 Å². The number of carbonyl (C=O) groups is 2. The minimum Gasteiger partial charge on any atom is -0.342 e. The third kappa shape index (κ3) is 5.54. The van der Waals surface area contributed by atoms with E-state index in [1.807, 2.05) is 6.07 Å². The minimum absolute atomic E-state index is 0.132. The summed E-state index contributed by atoms with van der Waals surface area (Å²) in [6.07, 6.45) is 7.18. The van der Waals surface area contributed by atoms with E-state index >= 15 is 0 Å². The number of benzene rings is 1. The topological polar surface area (TPSA) is 43.9 Å². The van der Waals surface area contributed by atoms with Gasteiger partial charge in [-0.3, -0.25) is 9.59 Å². The molecule has 0 unspecified atom stereocenters. The van der Waals surface area contributed by atoms with Gasteiger partial charge >= 0.3 is 0 Å². The predicted octanol–water partition coefficient (Wildman–Crippen LogP) is 4.17. The van der Waals surface area contributed by atoms with Crippen LogP contribution in [-0.4, -0.2) is 65.3 Å². The molecule has 0 saturated carbocycles. The Kier molecular flexibility index (Phi) is 7.88. The summed E-state index contributed by atoms with van der Waals surface area (Å²) < 4.78 is 0. The zero-order valence-corrected chi connectivity index (χ0v) is 20.0. The highest BCUT2D eigenvalue weighted by Gasteiger charge is 2.37. The standard InChI is InChI=1S/C27H41N3O2/c1-21(2)28-16-13-24(14-17-28)26(31)29-18-11-23(12-19-29)25-10-6-7-15-30(27(25)32)20-22-8-4-3-5-9-22/h3-5,8-9,21,23-25H,6-7,10-20H2,1-2H3/t25-/m0/s1. The predicted molar refractivity (Wildman–Crippen MR) is 128 cm³/mol. The van der Waals surface area contributed by atoms with Crippen molar-refractivity contribution in [1.82, 2.24) is 14.7 Å². The van der Waals surface area contributed by atoms with Crippen LogP contribution < -0.4 is 0 Å². The molecule has 2 amide bonds. The minimum atomic E-state index is 0.132. The van der Waals surface area contributed by atoms with Gasteiger partial charge in [0.15, 0.2) is 0 Å². The molecule has 0 N–H and O–H groups in total. The molecule has 3 saturated heterocycles. The summed E-state index contributed by atoms with van der Waals surface area (Å²) in [6, 6.07) is 10.9. The highest BCUT2D eigenvalue weighted by Crippen LogP contribution is 2.33. The highest BCUT2D eigenvalue weighted by atomic mass is 16.2. The van der Waals surface area contributed by atoms with Crippen LogP contribution in [-0.2, 0) is 16.1 Å². The first-order valence-corrected chi connectivity index (χ1v) is 12.9. The lowest BCUT2D eigenvalue weighted by Crippen LogP contribution is -2.48. The lowest BCUT2D eigenvalue weighted by atomic mass is 9.80. The van der Waals surface area contributed by atoms with E-state index in [4.69, 9.17) is 0 Å². The molecule has 5 heteroatoms. The van der Waals surface area contributed by atoms with Crippen molar-refractivity contribution in [3.63, 3.8) is 0 Å². The first kappa shape index (κ1) is 23.3. The molecule has 3 aliphatic rings. The van der Waals surface area contributed by atoms with Gasteiger partial charge in [0.05, 0.1) is 0 Å². The van der Waals surface area contributed by atoms with Crippen molar-refractivity contribution >= 4 is 11.8 Å². The lowest BCUT2D eigenvalue weighted by Gasteiger charge is -2.40. The Hall–Kier alpha value is -1.88. The van der Waals surface area contributed by atoms with Gasteiger partial charge in [-0.2, -0.15) is 0 Å². The molecule has 0 radical (unpaired) electrons. The molecule has 32 heavy (non-hydrogen) atoms. The van der Waals surface area contributed by atoms with E-state index in [0.29, 0.717) is 23.8 Å². The summed E-state index contributed by atoms with van der Waals surface area (Å²) in [5.74, 6) is 1.46. The summed E-state index contributed by atoms with van der Waals surface area (Å²) in [5, 5.41) is 0.